The van der Waals surface area contributed by atoms with Crippen molar-refractivity contribution in [2.24, 2.45) is 10.6 Å². The van der Waals surface area contributed by atoms with E-state index in [2.05, 4.69) is 60.4 Å². The van der Waals surface area contributed by atoms with E-state index in [1.54, 1.807) is 0 Å². The van der Waals surface area contributed by atoms with Gasteiger partial charge in [-0.25, -0.2) is 0 Å². The molecular weight excluding hydrogens is 320 g/mol. The first-order chi connectivity index (χ1) is 12.6. The van der Waals surface area contributed by atoms with E-state index in [0.717, 1.165) is 29.0 Å². The van der Waals surface area contributed by atoms with Crippen molar-refractivity contribution in [3.63, 3.8) is 0 Å². The summed E-state index contributed by atoms with van der Waals surface area (Å²) in [4.78, 5) is 10.4. The summed E-state index contributed by atoms with van der Waals surface area (Å²) in [5.41, 5.74) is 5.31. The quantitative estimate of drug-likeness (QED) is 0.659. The third kappa shape index (κ3) is 3.13. The summed E-state index contributed by atoms with van der Waals surface area (Å²) in [6.45, 7) is 4.41. The van der Waals surface area contributed by atoms with Crippen molar-refractivity contribution >= 4 is 5.71 Å². The van der Waals surface area contributed by atoms with Gasteiger partial charge in [0.05, 0.1) is 16.8 Å². The molecule has 0 radical (unpaired) electrons. The molecule has 3 aromatic rings. The highest BCUT2D eigenvalue weighted by Crippen LogP contribution is 2.36. The second-order valence-corrected chi connectivity index (χ2v) is 7.24. The molecule has 26 heavy (non-hydrogen) atoms. The van der Waals surface area contributed by atoms with E-state index in [-0.39, 0.29) is 11.5 Å². The Morgan fingerprint density at radius 3 is 2.23 bits per heavy atom. The maximum absolute atomic E-state index is 5.85. The molecule has 0 spiro atoms. The van der Waals surface area contributed by atoms with Gasteiger partial charge in [0, 0.05) is 18.2 Å². The first-order valence-electron chi connectivity index (χ1n) is 8.94. The molecule has 1 aliphatic rings. The highest BCUT2D eigenvalue weighted by Gasteiger charge is 2.42. The van der Waals surface area contributed by atoms with Crippen molar-refractivity contribution in [3.8, 4) is 11.3 Å². The van der Waals surface area contributed by atoms with Gasteiger partial charge in [-0.15, -0.1) is 0 Å². The topological polar surface area (TPSA) is 34.5 Å². The van der Waals surface area contributed by atoms with Gasteiger partial charge in [-0.3, -0.25) is 4.98 Å². The molecule has 1 aromatic heterocycles. The Balaban J connectivity index is 1.56. The van der Waals surface area contributed by atoms with Crippen molar-refractivity contribution < 1.29 is 4.84 Å². The molecule has 0 saturated carbocycles. The molecule has 0 bridgehead atoms. The predicted octanol–water partition coefficient (Wildman–Crippen LogP) is 5.12. The fourth-order valence-electron chi connectivity index (χ4n) is 3.41. The van der Waals surface area contributed by atoms with E-state index in [1.807, 2.05) is 42.6 Å². The van der Waals surface area contributed by atoms with Gasteiger partial charge in [0.25, 0.3) is 0 Å². The summed E-state index contributed by atoms with van der Waals surface area (Å²) in [5, 5.41) is 4.42. The van der Waals surface area contributed by atoms with Crippen LogP contribution < -0.4 is 0 Å². The van der Waals surface area contributed by atoms with Crippen molar-refractivity contribution in [2.75, 3.05) is 0 Å². The zero-order chi connectivity index (χ0) is 18.0. The molecule has 1 atom stereocenters. The summed E-state index contributed by atoms with van der Waals surface area (Å²) in [7, 11) is 0. The summed E-state index contributed by atoms with van der Waals surface area (Å²) < 4.78 is 0. The van der Waals surface area contributed by atoms with Crippen LogP contribution in [0.15, 0.2) is 84.1 Å². The van der Waals surface area contributed by atoms with Crippen molar-refractivity contribution in [1.29, 1.82) is 0 Å². The average Bonchev–Trinajstić information content (AvgIpc) is 2.97. The van der Waals surface area contributed by atoms with Crippen molar-refractivity contribution in [1.82, 2.24) is 4.98 Å². The van der Waals surface area contributed by atoms with E-state index in [9.17, 15) is 0 Å². The lowest BCUT2D eigenvalue weighted by Gasteiger charge is -2.26. The highest BCUT2D eigenvalue weighted by molar-refractivity contribution is 6.05. The maximum Gasteiger partial charge on any atom is 0.142 e. The van der Waals surface area contributed by atoms with Gasteiger partial charge in [-0.05, 0) is 23.3 Å². The SMILES string of the molecule is CC1(C)C(c2ccccc2)=NOC1Cc1ccnc(-c2ccccc2)c1. The first-order valence-corrected chi connectivity index (χ1v) is 8.94. The fourth-order valence-corrected chi connectivity index (χ4v) is 3.41. The molecule has 0 aliphatic carbocycles. The Bertz CT molecular complexity index is 917. The van der Waals surface area contributed by atoms with Crippen LogP contribution in [0.3, 0.4) is 0 Å². The standard InChI is InChI=1S/C23H22N2O/c1-23(2)21(26-25-22(23)19-11-7-4-8-12-19)16-17-13-14-24-20(15-17)18-9-5-3-6-10-18/h3-15,21H,16H2,1-2H3. The third-order valence-electron chi connectivity index (χ3n) is 5.05. The molecule has 1 unspecified atom stereocenters. The van der Waals surface area contributed by atoms with Crippen LogP contribution in [-0.2, 0) is 11.3 Å². The largest absolute Gasteiger partial charge is 0.391 e. The summed E-state index contributed by atoms with van der Waals surface area (Å²) in [6, 6.07) is 24.7. The van der Waals surface area contributed by atoms with Crippen LogP contribution >= 0.6 is 0 Å². The Labute approximate surface area is 154 Å². The molecule has 4 rings (SSSR count). The molecule has 2 heterocycles. The number of hydrogen-bond acceptors (Lipinski definition) is 3. The Morgan fingerprint density at radius 2 is 1.54 bits per heavy atom. The smallest absolute Gasteiger partial charge is 0.142 e. The second-order valence-electron chi connectivity index (χ2n) is 7.24. The fraction of sp³-hybridized carbons (Fsp3) is 0.217. The van der Waals surface area contributed by atoms with Gasteiger partial charge in [0.1, 0.15) is 6.10 Å². The van der Waals surface area contributed by atoms with Gasteiger partial charge < -0.3 is 4.84 Å². The van der Waals surface area contributed by atoms with Gasteiger partial charge in [0.15, 0.2) is 0 Å². The summed E-state index contributed by atoms with van der Waals surface area (Å²) >= 11 is 0. The molecule has 0 saturated heterocycles. The minimum atomic E-state index is -0.155. The minimum absolute atomic E-state index is 0.00345. The molecule has 1 aliphatic heterocycles. The molecule has 2 aromatic carbocycles. The van der Waals surface area contributed by atoms with Gasteiger partial charge in [-0.1, -0.05) is 79.7 Å². The normalized spacial score (nSPS) is 18.2. The van der Waals surface area contributed by atoms with Crippen LogP contribution in [0.25, 0.3) is 11.3 Å². The van der Waals surface area contributed by atoms with Gasteiger partial charge >= 0.3 is 0 Å². The second kappa shape index (κ2) is 6.75. The van der Waals surface area contributed by atoms with Crippen molar-refractivity contribution in [2.45, 2.75) is 26.4 Å². The molecule has 0 N–H and O–H groups in total. The highest BCUT2D eigenvalue weighted by atomic mass is 16.6. The van der Waals surface area contributed by atoms with Crippen LogP contribution in [0.1, 0.15) is 25.0 Å². The molecular formula is C23H22N2O. The monoisotopic (exact) mass is 342 g/mol. The lowest BCUT2D eigenvalue weighted by Crippen LogP contribution is -2.34. The number of oxime groups is 1. The Kier molecular flexibility index (Phi) is 4.29. The molecule has 0 fully saturated rings. The number of aromatic nitrogens is 1. The van der Waals surface area contributed by atoms with E-state index >= 15 is 0 Å². The van der Waals surface area contributed by atoms with E-state index in [4.69, 9.17) is 4.84 Å². The number of hydrogen-bond donors (Lipinski definition) is 0. The molecule has 3 nitrogen and oxygen atoms in total. The Morgan fingerprint density at radius 1 is 0.885 bits per heavy atom. The predicted molar refractivity (Wildman–Crippen MR) is 105 cm³/mol. The molecule has 130 valence electrons. The van der Waals surface area contributed by atoms with E-state index in [1.165, 1.54) is 5.56 Å². The number of benzene rings is 2. The maximum atomic E-state index is 5.85. The van der Waals surface area contributed by atoms with Crippen LogP contribution in [0.5, 0.6) is 0 Å². The molecule has 0 amide bonds. The van der Waals surface area contributed by atoms with Crippen LogP contribution in [-0.4, -0.2) is 16.8 Å². The zero-order valence-electron chi connectivity index (χ0n) is 15.1. The average molecular weight is 342 g/mol. The lowest BCUT2D eigenvalue weighted by molar-refractivity contribution is 0.0371. The third-order valence-corrected chi connectivity index (χ3v) is 5.05. The number of pyridine rings is 1. The van der Waals surface area contributed by atoms with Gasteiger partial charge in [-0.2, -0.15) is 0 Å². The zero-order valence-corrected chi connectivity index (χ0v) is 15.1. The summed E-state index contributed by atoms with van der Waals surface area (Å²) in [5.74, 6) is 0. The minimum Gasteiger partial charge on any atom is -0.391 e. The van der Waals surface area contributed by atoms with Crippen molar-refractivity contribution in [3.05, 3.63) is 90.1 Å². The van der Waals surface area contributed by atoms with Crippen LogP contribution in [0, 0.1) is 5.41 Å². The van der Waals surface area contributed by atoms with E-state index in [0.29, 0.717) is 0 Å². The first kappa shape index (κ1) is 16.5. The van der Waals surface area contributed by atoms with Gasteiger partial charge in [0.2, 0.25) is 0 Å². The number of rotatable bonds is 4. The number of nitrogens with zero attached hydrogens (tertiary/aromatic N) is 2. The van der Waals surface area contributed by atoms with Crippen LogP contribution in [0.4, 0.5) is 0 Å². The van der Waals surface area contributed by atoms with Crippen LogP contribution in [0.2, 0.25) is 0 Å². The lowest BCUT2D eigenvalue weighted by atomic mass is 9.77. The Hall–Kier alpha value is -2.94. The van der Waals surface area contributed by atoms with E-state index < -0.39 is 0 Å². The molecule has 3 heteroatoms. The summed E-state index contributed by atoms with van der Waals surface area (Å²) in [6.07, 6.45) is 2.68.